The third-order valence-corrected chi connectivity index (χ3v) is 4.76. The van der Waals surface area contributed by atoms with Crippen molar-refractivity contribution in [2.75, 3.05) is 17.1 Å². The van der Waals surface area contributed by atoms with Crippen LogP contribution in [0.3, 0.4) is 0 Å². The molecule has 0 atom stereocenters. The van der Waals surface area contributed by atoms with Crippen molar-refractivity contribution in [3.05, 3.63) is 48.0 Å². The van der Waals surface area contributed by atoms with Gasteiger partial charge in [0.05, 0.1) is 17.7 Å². The van der Waals surface area contributed by atoms with E-state index in [1.165, 1.54) is 25.3 Å². The van der Waals surface area contributed by atoms with Crippen molar-refractivity contribution in [1.82, 2.24) is 0 Å². The first-order valence-corrected chi connectivity index (χ1v) is 8.91. The molecule has 2 aromatic carbocycles. The third-order valence-electron chi connectivity index (χ3n) is 3.38. The summed E-state index contributed by atoms with van der Waals surface area (Å²) in [6.45, 7) is 3.63. The van der Waals surface area contributed by atoms with Gasteiger partial charge in [-0.3, -0.25) is 9.52 Å². The number of hydrogen-bond acceptors (Lipinski definition) is 4. The summed E-state index contributed by atoms with van der Waals surface area (Å²) >= 11 is 0. The first-order chi connectivity index (χ1) is 11.4. The summed E-state index contributed by atoms with van der Waals surface area (Å²) in [5.74, 6) is 0.167. The lowest BCUT2D eigenvalue weighted by Crippen LogP contribution is -2.15. The summed E-state index contributed by atoms with van der Waals surface area (Å²) in [7, 11) is -2.32. The third kappa shape index (κ3) is 4.26. The van der Waals surface area contributed by atoms with E-state index >= 15 is 0 Å². The number of methoxy groups -OCH3 is 1. The fourth-order valence-electron chi connectivity index (χ4n) is 2.03. The van der Waals surface area contributed by atoms with E-state index < -0.39 is 10.0 Å². The summed E-state index contributed by atoms with van der Waals surface area (Å²) in [6, 6.07) is 11.3. The minimum absolute atomic E-state index is 0.0373. The topological polar surface area (TPSA) is 84.5 Å². The van der Waals surface area contributed by atoms with Crippen molar-refractivity contribution in [2.24, 2.45) is 0 Å². The smallest absolute Gasteiger partial charge is 0.261 e. The van der Waals surface area contributed by atoms with Gasteiger partial charge in [0.15, 0.2) is 0 Å². The second-order valence-electron chi connectivity index (χ2n) is 5.24. The number of benzene rings is 2. The zero-order chi connectivity index (χ0) is 17.7. The molecule has 0 spiro atoms. The average molecular weight is 348 g/mol. The average Bonchev–Trinajstić information content (AvgIpc) is 2.56. The Morgan fingerprint density at radius 3 is 2.38 bits per heavy atom. The fourth-order valence-corrected chi connectivity index (χ4v) is 3.11. The molecule has 0 heterocycles. The van der Waals surface area contributed by atoms with Gasteiger partial charge in [-0.15, -0.1) is 0 Å². The van der Waals surface area contributed by atoms with E-state index in [0.717, 1.165) is 5.56 Å². The molecular formula is C17H20N2O4S. The van der Waals surface area contributed by atoms with Crippen molar-refractivity contribution in [3.8, 4) is 5.75 Å². The second kappa shape index (κ2) is 7.35. The van der Waals surface area contributed by atoms with Crippen molar-refractivity contribution < 1.29 is 17.9 Å². The van der Waals surface area contributed by atoms with Gasteiger partial charge in [0, 0.05) is 12.1 Å². The highest BCUT2D eigenvalue weighted by Crippen LogP contribution is 2.28. The molecule has 2 aromatic rings. The van der Waals surface area contributed by atoms with E-state index in [9.17, 15) is 13.2 Å². The molecule has 2 rings (SSSR count). The van der Waals surface area contributed by atoms with Gasteiger partial charge in [0.1, 0.15) is 5.75 Å². The van der Waals surface area contributed by atoms with E-state index in [1.807, 2.05) is 19.1 Å². The summed E-state index contributed by atoms with van der Waals surface area (Å²) in [5.41, 5.74) is 1.82. The molecule has 0 radical (unpaired) electrons. The van der Waals surface area contributed by atoms with E-state index in [2.05, 4.69) is 10.0 Å². The molecule has 0 aliphatic heterocycles. The predicted octanol–water partition coefficient (Wildman–Crippen LogP) is 3.15. The van der Waals surface area contributed by atoms with Crippen molar-refractivity contribution >= 4 is 27.3 Å². The first kappa shape index (κ1) is 17.8. The standard InChI is InChI=1S/C17H20N2O4S/c1-4-17(20)18-15-11-14(9-10-16(15)23-3)24(21,22)19-13-7-5-12(2)6-8-13/h5-11,19H,4H2,1-3H3,(H,18,20). The molecule has 24 heavy (non-hydrogen) atoms. The Morgan fingerprint density at radius 2 is 1.79 bits per heavy atom. The molecule has 0 saturated carbocycles. The maximum absolute atomic E-state index is 12.5. The molecule has 6 nitrogen and oxygen atoms in total. The van der Waals surface area contributed by atoms with E-state index in [4.69, 9.17) is 4.74 Å². The quantitative estimate of drug-likeness (QED) is 0.840. The van der Waals surface area contributed by atoms with Crippen LogP contribution in [0, 0.1) is 6.92 Å². The van der Waals surface area contributed by atoms with Gasteiger partial charge >= 0.3 is 0 Å². The summed E-state index contributed by atoms with van der Waals surface area (Å²) in [6.07, 6.45) is 0.280. The van der Waals surface area contributed by atoms with Crippen molar-refractivity contribution in [1.29, 1.82) is 0 Å². The van der Waals surface area contributed by atoms with Crippen LogP contribution in [0.2, 0.25) is 0 Å². The van der Waals surface area contributed by atoms with Crippen LogP contribution >= 0.6 is 0 Å². The Bertz CT molecular complexity index is 830. The minimum Gasteiger partial charge on any atom is -0.495 e. The van der Waals surface area contributed by atoms with E-state index in [1.54, 1.807) is 19.1 Å². The normalized spacial score (nSPS) is 11.0. The van der Waals surface area contributed by atoms with Crippen LogP contribution in [0.15, 0.2) is 47.4 Å². The van der Waals surface area contributed by atoms with E-state index in [-0.39, 0.29) is 17.2 Å². The molecule has 0 aromatic heterocycles. The molecule has 1 amide bonds. The molecule has 7 heteroatoms. The first-order valence-electron chi connectivity index (χ1n) is 7.43. The number of amides is 1. The van der Waals surface area contributed by atoms with Gasteiger partial charge in [0.25, 0.3) is 10.0 Å². The number of carbonyl (C=O) groups is 1. The number of rotatable bonds is 6. The predicted molar refractivity (Wildman–Crippen MR) is 93.9 cm³/mol. The molecule has 0 unspecified atom stereocenters. The number of aryl methyl sites for hydroxylation is 1. The Hall–Kier alpha value is -2.54. The lowest BCUT2D eigenvalue weighted by Gasteiger charge is -2.13. The minimum atomic E-state index is -3.77. The van der Waals surface area contributed by atoms with E-state index in [0.29, 0.717) is 17.1 Å². The van der Waals surface area contributed by atoms with Gasteiger partial charge in [-0.05, 0) is 37.3 Å². The van der Waals surface area contributed by atoms with Gasteiger partial charge < -0.3 is 10.1 Å². The number of nitrogens with one attached hydrogen (secondary N) is 2. The monoisotopic (exact) mass is 348 g/mol. The molecule has 0 aliphatic rings. The van der Waals surface area contributed by atoms with Gasteiger partial charge in [-0.2, -0.15) is 0 Å². The van der Waals surface area contributed by atoms with Crippen molar-refractivity contribution in [2.45, 2.75) is 25.2 Å². The van der Waals surface area contributed by atoms with Crippen LogP contribution in [-0.4, -0.2) is 21.4 Å². The summed E-state index contributed by atoms with van der Waals surface area (Å²) in [5, 5.41) is 2.64. The highest BCUT2D eigenvalue weighted by atomic mass is 32.2. The fraction of sp³-hybridized carbons (Fsp3) is 0.235. The number of sulfonamides is 1. The number of ether oxygens (including phenoxy) is 1. The number of hydrogen-bond donors (Lipinski definition) is 2. The van der Waals surface area contributed by atoms with Crippen LogP contribution in [-0.2, 0) is 14.8 Å². The maximum Gasteiger partial charge on any atom is 0.261 e. The van der Waals surface area contributed by atoms with Gasteiger partial charge in [-0.1, -0.05) is 24.6 Å². The lowest BCUT2D eigenvalue weighted by atomic mass is 10.2. The number of carbonyl (C=O) groups excluding carboxylic acids is 1. The van der Waals surface area contributed by atoms with Crippen LogP contribution in [0.1, 0.15) is 18.9 Å². The Balaban J connectivity index is 2.33. The zero-order valence-electron chi connectivity index (χ0n) is 13.8. The van der Waals surface area contributed by atoms with Crippen LogP contribution in [0.4, 0.5) is 11.4 Å². The zero-order valence-corrected chi connectivity index (χ0v) is 14.6. The Morgan fingerprint density at radius 1 is 1.12 bits per heavy atom. The summed E-state index contributed by atoms with van der Waals surface area (Å²) in [4.78, 5) is 11.6. The molecule has 0 saturated heterocycles. The maximum atomic E-state index is 12.5. The molecule has 0 fully saturated rings. The van der Waals surface area contributed by atoms with Crippen LogP contribution < -0.4 is 14.8 Å². The van der Waals surface area contributed by atoms with Crippen LogP contribution in [0.25, 0.3) is 0 Å². The van der Waals surface area contributed by atoms with Gasteiger partial charge in [-0.25, -0.2) is 8.42 Å². The lowest BCUT2D eigenvalue weighted by molar-refractivity contribution is -0.115. The molecular weight excluding hydrogens is 328 g/mol. The highest BCUT2D eigenvalue weighted by molar-refractivity contribution is 7.92. The van der Waals surface area contributed by atoms with Crippen molar-refractivity contribution in [3.63, 3.8) is 0 Å². The largest absolute Gasteiger partial charge is 0.495 e. The Kier molecular flexibility index (Phi) is 5.46. The number of anilines is 2. The molecule has 2 N–H and O–H groups in total. The molecule has 128 valence electrons. The molecule has 0 aliphatic carbocycles. The highest BCUT2D eigenvalue weighted by Gasteiger charge is 2.17. The van der Waals surface area contributed by atoms with Gasteiger partial charge in [0.2, 0.25) is 5.91 Å². The molecule has 0 bridgehead atoms. The SMILES string of the molecule is CCC(=O)Nc1cc(S(=O)(=O)Nc2ccc(C)cc2)ccc1OC. The Labute approximate surface area is 141 Å². The summed E-state index contributed by atoms with van der Waals surface area (Å²) < 4.78 is 32.7. The van der Waals surface area contributed by atoms with Crippen LogP contribution in [0.5, 0.6) is 5.75 Å². The second-order valence-corrected chi connectivity index (χ2v) is 6.92.